The van der Waals surface area contributed by atoms with Gasteiger partial charge in [0, 0.05) is 25.5 Å². The molecule has 114 valence electrons. The van der Waals surface area contributed by atoms with Gasteiger partial charge in [0.25, 0.3) is 5.95 Å². The molecule has 8 nitrogen and oxygen atoms in total. The molecule has 0 spiro atoms. The summed E-state index contributed by atoms with van der Waals surface area (Å²) in [5.74, 6) is 1.47. The predicted octanol–water partition coefficient (Wildman–Crippen LogP) is 1.06. The van der Waals surface area contributed by atoms with E-state index in [0.717, 1.165) is 19.4 Å². The van der Waals surface area contributed by atoms with Crippen molar-refractivity contribution in [1.29, 1.82) is 0 Å². The van der Waals surface area contributed by atoms with Gasteiger partial charge in [-0.3, -0.25) is 0 Å². The molecule has 0 amide bonds. The molecule has 0 aliphatic rings. The number of aliphatic hydroxyl groups is 1. The molecule has 0 radical (unpaired) electrons. The van der Waals surface area contributed by atoms with Crippen LogP contribution in [0, 0.1) is 0 Å². The molecule has 1 atom stereocenters. The van der Waals surface area contributed by atoms with Crippen molar-refractivity contribution in [3.63, 3.8) is 0 Å². The van der Waals surface area contributed by atoms with Gasteiger partial charge in [-0.25, -0.2) is 4.68 Å². The van der Waals surface area contributed by atoms with Gasteiger partial charge in [-0.15, -0.1) is 0 Å². The molecule has 2 aromatic heterocycles. The number of hydrogen-bond acceptors (Lipinski definition) is 7. The zero-order chi connectivity index (χ0) is 15.1. The summed E-state index contributed by atoms with van der Waals surface area (Å²) in [6.07, 6.45) is 4.75. The van der Waals surface area contributed by atoms with E-state index in [-0.39, 0.29) is 6.10 Å². The van der Waals surface area contributed by atoms with Crippen LogP contribution >= 0.6 is 0 Å². The Kier molecular flexibility index (Phi) is 5.44. The highest BCUT2D eigenvalue weighted by Crippen LogP contribution is 2.09. The summed E-state index contributed by atoms with van der Waals surface area (Å²) in [7, 11) is 0. The van der Waals surface area contributed by atoms with Crippen LogP contribution < -0.4 is 10.6 Å². The molecule has 2 rings (SSSR count). The van der Waals surface area contributed by atoms with Gasteiger partial charge in [-0.2, -0.15) is 20.1 Å². The molecule has 0 bridgehead atoms. The van der Waals surface area contributed by atoms with E-state index in [1.54, 1.807) is 24.0 Å². The molecular weight excluding hydrogens is 270 g/mol. The zero-order valence-corrected chi connectivity index (χ0v) is 12.3. The molecule has 0 fully saturated rings. The SMILES string of the molecule is CCNc1nc(NCCCC(C)O)nc(-n2cccn2)n1. The second-order valence-corrected chi connectivity index (χ2v) is 4.68. The number of anilines is 2. The maximum atomic E-state index is 9.24. The van der Waals surface area contributed by atoms with Gasteiger partial charge in [-0.1, -0.05) is 0 Å². The third-order valence-electron chi connectivity index (χ3n) is 2.75. The number of nitrogens with one attached hydrogen (secondary N) is 2. The van der Waals surface area contributed by atoms with Crippen LogP contribution in [-0.2, 0) is 0 Å². The van der Waals surface area contributed by atoms with Crippen LogP contribution in [0.5, 0.6) is 0 Å². The third-order valence-corrected chi connectivity index (χ3v) is 2.75. The van der Waals surface area contributed by atoms with Gasteiger partial charge in [0.2, 0.25) is 11.9 Å². The summed E-state index contributed by atoms with van der Waals surface area (Å²) in [6, 6.07) is 1.81. The van der Waals surface area contributed by atoms with Crippen LogP contribution in [0.25, 0.3) is 5.95 Å². The van der Waals surface area contributed by atoms with Crippen molar-refractivity contribution < 1.29 is 5.11 Å². The molecule has 0 saturated heterocycles. The number of nitrogens with zero attached hydrogens (tertiary/aromatic N) is 5. The average Bonchev–Trinajstić information content (AvgIpc) is 2.98. The molecule has 3 N–H and O–H groups in total. The van der Waals surface area contributed by atoms with Crippen LogP contribution in [0.4, 0.5) is 11.9 Å². The minimum absolute atomic E-state index is 0.290. The molecule has 0 aromatic carbocycles. The largest absolute Gasteiger partial charge is 0.393 e. The predicted molar refractivity (Wildman–Crippen MR) is 80.5 cm³/mol. The van der Waals surface area contributed by atoms with E-state index in [9.17, 15) is 5.11 Å². The van der Waals surface area contributed by atoms with Gasteiger partial charge >= 0.3 is 0 Å². The van der Waals surface area contributed by atoms with Crippen LogP contribution in [0.1, 0.15) is 26.7 Å². The van der Waals surface area contributed by atoms with E-state index in [0.29, 0.717) is 24.4 Å². The first kappa shape index (κ1) is 15.2. The Labute approximate surface area is 123 Å². The maximum Gasteiger partial charge on any atom is 0.257 e. The van der Waals surface area contributed by atoms with Crippen molar-refractivity contribution in [3.8, 4) is 5.95 Å². The van der Waals surface area contributed by atoms with Crippen molar-refractivity contribution in [2.45, 2.75) is 32.8 Å². The van der Waals surface area contributed by atoms with Crippen molar-refractivity contribution in [2.24, 2.45) is 0 Å². The minimum Gasteiger partial charge on any atom is -0.393 e. The number of aromatic nitrogens is 5. The Morgan fingerprint density at radius 2 is 2.00 bits per heavy atom. The van der Waals surface area contributed by atoms with Gasteiger partial charge < -0.3 is 15.7 Å². The molecule has 2 aromatic rings. The average molecular weight is 291 g/mol. The highest BCUT2D eigenvalue weighted by Gasteiger charge is 2.08. The van der Waals surface area contributed by atoms with E-state index < -0.39 is 0 Å². The van der Waals surface area contributed by atoms with Gasteiger partial charge in [0.05, 0.1) is 6.10 Å². The van der Waals surface area contributed by atoms with Crippen molar-refractivity contribution in [3.05, 3.63) is 18.5 Å². The Bertz CT molecular complexity index is 541. The van der Waals surface area contributed by atoms with Crippen LogP contribution in [0.2, 0.25) is 0 Å². The number of rotatable bonds is 8. The Hall–Kier alpha value is -2.22. The number of hydrogen-bond donors (Lipinski definition) is 3. The van der Waals surface area contributed by atoms with Crippen molar-refractivity contribution in [2.75, 3.05) is 23.7 Å². The molecule has 0 saturated carbocycles. The van der Waals surface area contributed by atoms with E-state index in [1.165, 1.54) is 0 Å². The normalized spacial score (nSPS) is 12.1. The molecule has 21 heavy (non-hydrogen) atoms. The topological polar surface area (TPSA) is 101 Å². The van der Waals surface area contributed by atoms with E-state index >= 15 is 0 Å². The summed E-state index contributed by atoms with van der Waals surface area (Å²) >= 11 is 0. The second kappa shape index (κ2) is 7.53. The summed E-state index contributed by atoms with van der Waals surface area (Å²) < 4.78 is 1.59. The third kappa shape index (κ3) is 4.67. The van der Waals surface area contributed by atoms with Gasteiger partial charge in [0.1, 0.15) is 0 Å². The lowest BCUT2D eigenvalue weighted by molar-refractivity contribution is 0.183. The summed E-state index contributed by atoms with van der Waals surface area (Å²) in [6.45, 7) is 5.18. The minimum atomic E-state index is -0.290. The van der Waals surface area contributed by atoms with Crippen LogP contribution in [0.15, 0.2) is 18.5 Å². The maximum absolute atomic E-state index is 9.24. The molecule has 2 heterocycles. The summed E-state index contributed by atoms with van der Waals surface area (Å²) in [5, 5.41) is 19.6. The molecule has 8 heteroatoms. The first-order valence-corrected chi connectivity index (χ1v) is 7.11. The molecule has 0 aliphatic heterocycles. The monoisotopic (exact) mass is 291 g/mol. The summed E-state index contributed by atoms with van der Waals surface area (Å²) in [4.78, 5) is 13.0. The second-order valence-electron chi connectivity index (χ2n) is 4.68. The van der Waals surface area contributed by atoms with Crippen LogP contribution in [-0.4, -0.2) is 49.0 Å². The highest BCUT2D eigenvalue weighted by molar-refractivity contribution is 5.37. The van der Waals surface area contributed by atoms with Gasteiger partial charge in [0.15, 0.2) is 0 Å². The first-order chi connectivity index (χ1) is 10.2. The fraction of sp³-hybridized carbons (Fsp3) is 0.538. The van der Waals surface area contributed by atoms with E-state index in [1.807, 2.05) is 13.0 Å². The Morgan fingerprint density at radius 3 is 2.62 bits per heavy atom. The fourth-order valence-electron chi connectivity index (χ4n) is 1.77. The van der Waals surface area contributed by atoms with Crippen LogP contribution in [0.3, 0.4) is 0 Å². The lowest BCUT2D eigenvalue weighted by atomic mass is 10.2. The smallest absolute Gasteiger partial charge is 0.257 e. The Morgan fingerprint density at radius 1 is 1.24 bits per heavy atom. The first-order valence-electron chi connectivity index (χ1n) is 7.11. The molecular formula is C13H21N7O. The lowest BCUT2D eigenvalue weighted by Crippen LogP contribution is -2.14. The van der Waals surface area contributed by atoms with Gasteiger partial charge in [-0.05, 0) is 32.8 Å². The van der Waals surface area contributed by atoms with E-state index in [4.69, 9.17) is 0 Å². The Balaban J connectivity index is 2.08. The number of aliphatic hydroxyl groups excluding tert-OH is 1. The van der Waals surface area contributed by atoms with E-state index in [2.05, 4.69) is 30.7 Å². The standard InChI is InChI=1S/C13H21N7O/c1-3-14-11-17-12(15-7-4-6-10(2)21)19-13(18-11)20-9-5-8-16-20/h5,8-10,21H,3-4,6-7H2,1-2H3,(H2,14,15,17,18,19). The zero-order valence-electron chi connectivity index (χ0n) is 12.3. The van der Waals surface area contributed by atoms with Crippen molar-refractivity contribution >= 4 is 11.9 Å². The lowest BCUT2D eigenvalue weighted by Gasteiger charge is -2.09. The highest BCUT2D eigenvalue weighted by atomic mass is 16.3. The fourth-order valence-corrected chi connectivity index (χ4v) is 1.77. The quantitative estimate of drug-likeness (QED) is 0.625. The summed E-state index contributed by atoms with van der Waals surface area (Å²) in [5.41, 5.74) is 0. The molecule has 0 aliphatic carbocycles. The molecule has 1 unspecified atom stereocenters. The van der Waals surface area contributed by atoms with Crippen molar-refractivity contribution in [1.82, 2.24) is 24.7 Å².